The van der Waals surface area contributed by atoms with E-state index in [1.165, 1.54) is 5.56 Å². The van der Waals surface area contributed by atoms with E-state index < -0.39 is 114 Å². The lowest BCUT2D eigenvalue weighted by atomic mass is 9.69. The summed E-state index contributed by atoms with van der Waals surface area (Å²) in [6.07, 6.45) is 1.60. The maximum Gasteiger partial charge on any atom is 0.265 e. The second-order valence-corrected chi connectivity index (χ2v) is 15.3. The number of hydrogen-bond donors (Lipinski definition) is 2. The standard InChI is InChI=1S/C45H44F3N5O5/c46-39-37-38(45(58)53(44(37)57)34-14-15-35(55)49-43(34)56)40(47)42(41(39)48)52-22-20-50(21-23-52)25-26-16-18-51(19-17-26)30-9-6-28(7-10-30)36-32(27-4-2-1-3-5-27)12-8-29-24-31(54)11-13-33(29)36/h1-7,9-11,13,24,26,32,34,36,54H,8,12,14-23,25H2,(H,49,55,56)/t32-,34?,36+/m1/s1/i20D2,21D2,22D2,23D2. The van der Waals surface area contributed by atoms with Crippen molar-refractivity contribution in [2.75, 3.05) is 55.4 Å². The minimum atomic E-state index is -3.87. The highest BCUT2D eigenvalue weighted by molar-refractivity contribution is 6.24. The van der Waals surface area contributed by atoms with E-state index in [4.69, 9.17) is 11.0 Å². The maximum absolute atomic E-state index is 16.6. The maximum atomic E-state index is 16.6. The van der Waals surface area contributed by atoms with Crippen molar-refractivity contribution in [3.05, 3.63) is 124 Å². The molecule has 0 aromatic heterocycles. The monoisotopic (exact) mass is 799 g/mol. The summed E-state index contributed by atoms with van der Waals surface area (Å²) in [5.74, 6) is -12.1. The largest absolute Gasteiger partial charge is 0.508 e. The molecule has 0 bridgehead atoms. The van der Waals surface area contributed by atoms with Gasteiger partial charge in [-0.05, 0) is 90.5 Å². The van der Waals surface area contributed by atoms with Crippen LogP contribution in [0.1, 0.15) is 97.9 Å². The molecule has 3 saturated heterocycles. The number of nitrogens with one attached hydrogen (secondary N) is 1. The summed E-state index contributed by atoms with van der Waals surface area (Å²) in [6.45, 7) is -14.6. The molecule has 2 N–H and O–H groups in total. The van der Waals surface area contributed by atoms with Crippen LogP contribution >= 0.6 is 0 Å². The molecule has 4 aromatic carbocycles. The van der Waals surface area contributed by atoms with Gasteiger partial charge in [-0.2, -0.15) is 0 Å². The van der Waals surface area contributed by atoms with Crippen LogP contribution < -0.4 is 15.1 Å². The fourth-order valence-electron chi connectivity index (χ4n) is 9.07. The Hall–Kier alpha value is -5.69. The Morgan fingerprint density at radius 2 is 1.41 bits per heavy atom. The number of halogens is 3. The van der Waals surface area contributed by atoms with Gasteiger partial charge in [0.2, 0.25) is 11.8 Å². The number of carbonyl (C=O) groups is 4. The predicted octanol–water partition coefficient (Wildman–Crippen LogP) is 6.11. The summed E-state index contributed by atoms with van der Waals surface area (Å²) in [5, 5.41) is 12.1. The van der Waals surface area contributed by atoms with E-state index in [1.54, 1.807) is 6.07 Å². The number of rotatable bonds is 7. The molecule has 13 heteroatoms. The molecule has 0 saturated carbocycles. The Balaban J connectivity index is 0.945. The summed E-state index contributed by atoms with van der Waals surface area (Å²) >= 11 is 0. The number of nitrogens with zero attached hydrogens (tertiary/aromatic N) is 4. The van der Waals surface area contributed by atoms with E-state index >= 15 is 13.2 Å². The van der Waals surface area contributed by atoms with Gasteiger partial charge in [-0.1, -0.05) is 48.5 Å². The van der Waals surface area contributed by atoms with Gasteiger partial charge in [0.1, 0.15) is 17.5 Å². The van der Waals surface area contributed by atoms with Crippen molar-refractivity contribution in [2.24, 2.45) is 5.92 Å². The van der Waals surface area contributed by atoms with Gasteiger partial charge in [0.05, 0.1) is 16.6 Å². The second-order valence-electron chi connectivity index (χ2n) is 15.3. The molecule has 1 aliphatic carbocycles. The van der Waals surface area contributed by atoms with Crippen molar-refractivity contribution in [1.29, 1.82) is 0 Å². The molecule has 4 amide bonds. The van der Waals surface area contributed by atoms with Crippen LogP contribution in [0.25, 0.3) is 0 Å². The van der Waals surface area contributed by atoms with Gasteiger partial charge in [-0.15, -0.1) is 0 Å². The van der Waals surface area contributed by atoms with Crippen LogP contribution in [0, 0.1) is 23.4 Å². The van der Waals surface area contributed by atoms with E-state index in [0.717, 1.165) is 35.2 Å². The number of hydrogen-bond acceptors (Lipinski definition) is 8. The van der Waals surface area contributed by atoms with Crippen molar-refractivity contribution < 1.29 is 48.4 Å². The molecule has 5 aliphatic rings. The number of fused-ring (bicyclic) bond motifs is 2. The Bertz CT molecular complexity index is 2640. The lowest BCUT2D eigenvalue weighted by Crippen LogP contribution is -2.54. The molecule has 1 unspecified atom stereocenters. The molecule has 0 spiro atoms. The third-order valence-electron chi connectivity index (χ3n) is 12.0. The van der Waals surface area contributed by atoms with Gasteiger partial charge in [0.25, 0.3) is 11.8 Å². The smallest absolute Gasteiger partial charge is 0.265 e. The third kappa shape index (κ3) is 6.68. The van der Waals surface area contributed by atoms with Crippen LogP contribution in [-0.4, -0.2) is 90.2 Å². The Labute approximate surface area is 345 Å². The number of amides is 4. The fraction of sp³-hybridized carbons (Fsp3) is 0.378. The highest BCUT2D eigenvalue weighted by Gasteiger charge is 2.50. The average Bonchev–Trinajstić information content (AvgIpc) is 3.54. The molecular weight excluding hydrogens is 748 g/mol. The molecule has 4 heterocycles. The van der Waals surface area contributed by atoms with Crippen molar-refractivity contribution in [2.45, 2.75) is 56.4 Å². The zero-order valence-corrected chi connectivity index (χ0v) is 31.1. The van der Waals surface area contributed by atoms with Crippen LogP contribution in [0.4, 0.5) is 24.5 Å². The number of phenols is 1. The van der Waals surface area contributed by atoms with E-state index in [2.05, 4.69) is 29.2 Å². The first-order valence-electron chi connectivity index (χ1n) is 23.3. The predicted molar refractivity (Wildman–Crippen MR) is 210 cm³/mol. The molecule has 4 aliphatic heterocycles. The first-order chi connectivity index (χ1) is 31.1. The van der Waals surface area contributed by atoms with Crippen LogP contribution in [0.15, 0.2) is 72.8 Å². The quantitative estimate of drug-likeness (QED) is 0.170. The van der Waals surface area contributed by atoms with Gasteiger partial charge in [0, 0.05) is 69.1 Å². The molecule has 4 aromatic rings. The zero-order valence-electron chi connectivity index (χ0n) is 39.1. The molecule has 9 rings (SSSR count). The van der Waals surface area contributed by atoms with Crippen molar-refractivity contribution in [3.63, 3.8) is 0 Å². The number of phenolic OH excluding ortho intramolecular Hbond substituents is 1. The number of piperazine rings is 1. The lowest BCUT2D eigenvalue weighted by molar-refractivity contribution is -0.136. The Kier molecular flexibility index (Phi) is 7.76. The summed E-state index contributed by atoms with van der Waals surface area (Å²) in [6, 6.07) is 22.3. The molecule has 3 fully saturated rings. The van der Waals surface area contributed by atoms with Crippen molar-refractivity contribution >= 4 is 35.0 Å². The summed E-state index contributed by atoms with van der Waals surface area (Å²) in [5.41, 5.74) is 0.510. The van der Waals surface area contributed by atoms with Crippen molar-refractivity contribution in [3.8, 4) is 5.75 Å². The highest BCUT2D eigenvalue weighted by Crippen LogP contribution is 2.47. The molecule has 58 heavy (non-hydrogen) atoms. The van der Waals surface area contributed by atoms with E-state index in [9.17, 15) is 24.3 Å². The van der Waals surface area contributed by atoms with Crippen LogP contribution in [-0.2, 0) is 16.0 Å². The first-order valence-corrected chi connectivity index (χ1v) is 19.3. The van der Waals surface area contributed by atoms with E-state index in [1.807, 2.05) is 47.8 Å². The molecule has 10 nitrogen and oxygen atoms in total. The van der Waals surface area contributed by atoms with Gasteiger partial charge in [-0.25, -0.2) is 13.2 Å². The van der Waals surface area contributed by atoms with Gasteiger partial charge < -0.3 is 14.9 Å². The Morgan fingerprint density at radius 1 is 0.724 bits per heavy atom. The van der Waals surface area contributed by atoms with Crippen molar-refractivity contribution in [1.82, 2.24) is 15.1 Å². The SMILES string of the molecule is [2H]C1([2H])N(CC2CCN(c3ccc([C@@H]4c5ccc(O)cc5CC[C@@H]4c4ccccc4)cc3)CC2)C([2H])([2H])C([2H])([2H])N(c2c(F)c(F)c3c(c2F)C(=O)N(C2CCC(=O)NC2=O)C3=O)C1([2H])[2H]. The normalized spacial score (nSPS) is 28.5. The van der Waals surface area contributed by atoms with Gasteiger partial charge in [0.15, 0.2) is 17.5 Å². The summed E-state index contributed by atoms with van der Waals surface area (Å²) in [7, 11) is 0. The second kappa shape index (κ2) is 15.2. The first kappa shape index (κ1) is 29.5. The van der Waals surface area contributed by atoms with Crippen LogP contribution in [0.5, 0.6) is 5.75 Å². The highest BCUT2D eigenvalue weighted by atomic mass is 19.2. The van der Waals surface area contributed by atoms with Gasteiger partial charge >= 0.3 is 0 Å². The van der Waals surface area contributed by atoms with Crippen LogP contribution in [0.3, 0.4) is 0 Å². The summed E-state index contributed by atoms with van der Waals surface area (Å²) < 4.78 is 120. The minimum Gasteiger partial charge on any atom is -0.508 e. The van der Waals surface area contributed by atoms with Gasteiger partial charge in [-0.3, -0.25) is 34.3 Å². The number of piperidine rings is 2. The number of carbonyl (C=O) groups excluding carboxylic acids is 4. The topological polar surface area (TPSA) is 114 Å². The third-order valence-corrected chi connectivity index (χ3v) is 12.0. The number of aryl methyl sites for hydroxylation is 1. The van der Waals surface area contributed by atoms with Crippen LogP contribution in [0.2, 0.25) is 0 Å². The fourth-order valence-corrected chi connectivity index (χ4v) is 9.07. The zero-order chi connectivity index (χ0) is 47.4. The minimum absolute atomic E-state index is 0.0288. The van der Waals surface area contributed by atoms with E-state index in [0.29, 0.717) is 30.8 Å². The number of benzene rings is 4. The van der Waals surface area contributed by atoms with E-state index in [-0.39, 0.29) is 28.9 Å². The number of aromatic hydroxyl groups is 1. The average molecular weight is 800 g/mol. The molecule has 3 atom stereocenters. The molecule has 0 radical (unpaired) electrons. The number of anilines is 2. The molecular formula is C45H44F3N5O5. The summed E-state index contributed by atoms with van der Waals surface area (Å²) in [4.78, 5) is 53.1. The molecule has 300 valence electrons. The number of imide groups is 2. The Morgan fingerprint density at radius 3 is 2.10 bits per heavy atom. The lowest BCUT2D eigenvalue weighted by Gasteiger charge is -2.40.